The lowest BCUT2D eigenvalue weighted by Crippen LogP contribution is -2.43. The van der Waals surface area contributed by atoms with Crippen molar-refractivity contribution in [3.05, 3.63) is 58.5 Å². The molecule has 4 aromatic rings. The number of carbonyl (C=O) groups excluding carboxylic acids is 1. The van der Waals surface area contributed by atoms with Gasteiger partial charge in [-0.3, -0.25) is 14.0 Å². The Hall–Kier alpha value is -4.26. The van der Waals surface area contributed by atoms with Crippen LogP contribution in [0.3, 0.4) is 0 Å². The quantitative estimate of drug-likeness (QED) is 0.399. The predicted octanol–water partition coefficient (Wildman–Crippen LogP) is 4.53. The van der Waals surface area contributed by atoms with E-state index in [4.69, 9.17) is 4.74 Å². The number of hydrogen-bond donors (Lipinski definition) is 0. The maximum Gasteiger partial charge on any atom is 0.410 e. The molecule has 0 N–H and O–H groups in total. The van der Waals surface area contributed by atoms with E-state index in [1.54, 1.807) is 35.0 Å². The number of nitriles is 1. The number of benzene rings is 2. The van der Waals surface area contributed by atoms with Crippen LogP contribution in [0.15, 0.2) is 41.6 Å². The van der Waals surface area contributed by atoms with Crippen LogP contribution in [0.25, 0.3) is 32.9 Å². The van der Waals surface area contributed by atoms with Crippen molar-refractivity contribution in [2.45, 2.75) is 45.3 Å². The molecule has 5 rings (SSSR count). The fraction of sp³-hybridized carbons (Fsp3) is 0.370. The number of nitrogens with zero attached hydrogens (tertiary/aromatic N) is 6. The maximum absolute atomic E-state index is 15.4. The van der Waals surface area contributed by atoms with Crippen LogP contribution >= 0.6 is 0 Å². The molecule has 0 atom stereocenters. The molecular weight excluding hydrogens is 475 g/mol. The molecule has 2 aromatic carbocycles. The van der Waals surface area contributed by atoms with Crippen molar-refractivity contribution in [1.29, 1.82) is 5.26 Å². The Morgan fingerprint density at radius 1 is 1.16 bits per heavy atom. The molecule has 0 spiro atoms. The molecule has 0 radical (unpaired) electrons. The topological polar surface area (TPSA) is 106 Å². The lowest BCUT2D eigenvalue weighted by Gasteiger charge is -2.34. The Labute approximate surface area is 212 Å². The minimum absolute atomic E-state index is 0.0798. The second-order valence-corrected chi connectivity index (χ2v) is 10.4. The monoisotopic (exact) mass is 502 g/mol. The van der Waals surface area contributed by atoms with Crippen LogP contribution in [-0.4, -0.2) is 49.0 Å². The molecule has 0 saturated carbocycles. The summed E-state index contributed by atoms with van der Waals surface area (Å²) in [5, 5.41) is 14.6. The molecular formula is C27H27FN6O3. The zero-order valence-electron chi connectivity index (χ0n) is 21.2. The van der Waals surface area contributed by atoms with Gasteiger partial charge in [0.25, 0.3) is 5.56 Å². The fourth-order valence-electron chi connectivity index (χ4n) is 4.80. The van der Waals surface area contributed by atoms with Gasteiger partial charge in [0.05, 0.1) is 17.4 Å². The first-order valence-corrected chi connectivity index (χ1v) is 12.1. The molecule has 1 saturated heterocycles. The van der Waals surface area contributed by atoms with Gasteiger partial charge in [0.2, 0.25) is 0 Å². The number of fused-ring (bicyclic) bond motifs is 2. The van der Waals surface area contributed by atoms with Gasteiger partial charge in [-0.05, 0) is 69.0 Å². The summed E-state index contributed by atoms with van der Waals surface area (Å²) < 4.78 is 23.9. The van der Waals surface area contributed by atoms with Crippen LogP contribution in [0.4, 0.5) is 9.18 Å². The molecule has 0 unspecified atom stereocenters. The molecule has 1 aliphatic heterocycles. The number of aryl methyl sites for hydroxylation is 1. The molecule has 10 heteroatoms. The summed E-state index contributed by atoms with van der Waals surface area (Å²) in [7, 11) is 1.77. The van der Waals surface area contributed by atoms with Crippen molar-refractivity contribution in [2.75, 3.05) is 13.1 Å². The minimum Gasteiger partial charge on any atom is -0.444 e. The van der Waals surface area contributed by atoms with Gasteiger partial charge < -0.3 is 9.64 Å². The summed E-state index contributed by atoms with van der Waals surface area (Å²) in [5.41, 5.74) is 1.32. The third-order valence-electron chi connectivity index (χ3n) is 6.53. The smallest absolute Gasteiger partial charge is 0.410 e. The first-order chi connectivity index (χ1) is 17.5. The molecule has 0 bridgehead atoms. The van der Waals surface area contributed by atoms with Crippen LogP contribution in [-0.2, 0) is 11.8 Å². The Kier molecular flexibility index (Phi) is 5.94. The summed E-state index contributed by atoms with van der Waals surface area (Å²) >= 11 is 0. The molecule has 37 heavy (non-hydrogen) atoms. The fourth-order valence-corrected chi connectivity index (χ4v) is 4.80. The number of halogens is 1. The summed E-state index contributed by atoms with van der Waals surface area (Å²) in [4.78, 5) is 31.7. The highest BCUT2D eigenvalue weighted by atomic mass is 19.1. The van der Waals surface area contributed by atoms with Gasteiger partial charge in [-0.1, -0.05) is 0 Å². The number of piperidine rings is 1. The zero-order valence-corrected chi connectivity index (χ0v) is 21.2. The predicted molar refractivity (Wildman–Crippen MR) is 136 cm³/mol. The third kappa shape index (κ3) is 4.65. The molecule has 190 valence electrons. The van der Waals surface area contributed by atoms with E-state index in [0.717, 1.165) is 5.39 Å². The molecule has 1 aliphatic rings. The first kappa shape index (κ1) is 24.4. The number of amides is 1. The van der Waals surface area contributed by atoms with Crippen LogP contribution < -0.4 is 5.56 Å². The van der Waals surface area contributed by atoms with Gasteiger partial charge in [-0.15, -0.1) is 0 Å². The number of likely N-dealkylation sites (tertiary alicyclic amines) is 1. The molecule has 1 amide bonds. The Morgan fingerprint density at radius 3 is 2.54 bits per heavy atom. The maximum atomic E-state index is 15.4. The van der Waals surface area contributed by atoms with Crippen molar-refractivity contribution >= 4 is 27.9 Å². The number of carbonyl (C=O) groups is 1. The van der Waals surface area contributed by atoms with Crippen molar-refractivity contribution in [1.82, 2.24) is 24.2 Å². The highest BCUT2D eigenvalue weighted by Gasteiger charge is 2.28. The van der Waals surface area contributed by atoms with Crippen molar-refractivity contribution in [3.63, 3.8) is 0 Å². The Bertz CT molecular complexity index is 1630. The Morgan fingerprint density at radius 2 is 1.86 bits per heavy atom. The highest BCUT2D eigenvalue weighted by molar-refractivity contribution is 5.91. The van der Waals surface area contributed by atoms with E-state index in [0.29, 0.717) is 48.1 Å². The van der Waals surface area contributed by atoms with Crippen molar-refractivity contribution in [3.8, 4) is 17.2 Å². The van der Waals surface area contributed by atoms with Gasteiger partial charge in [-0.25, -0.2) is 14.2 Å². The summed E-state index contributed by atoms with van der Waals surface area (Å²) in [6.45, 7) is 6.32. The van der Waals surface area contributed by atoms with E-state index in [1.807, 2.05) is 26.8 Å². The van der Waals surface area contributed by atoms with Gasteiger partial charge >= 0.3 is 6.09 Å². The largest absolute Gasteiger partial charge is 0.444 e. The van der Waals surface area contributed by atoms with Gasteiger partial charge in [-0.2, -0.15) is 10.4 Å². The molecule has 1 fully saturated rings. The van der Waals surface area contributed by atoms with Crippen LogP contribution in [0.5, 0.6) is 0 Å². The molecule has 2 aromatic heterocycles. The van der Waals surface area contributed by atoms with Gasteiger partial charge in [0.15, 0.2) is 0 Å². The van der Waals surface area contributed by atoms with Gasteiger partial charge in [0, 0.05) is 37.8 Å². The SMILES string of the molecule is Cn1cc2cc(-c3cc(F)c4c(=O)n(C5CCN(C(=O)OC(C)(C)C)CC5)cnc4c3)cc(C#N)c2n1. The normalized spacial score (nSPS) is 14.8. The minimum atomic E-state index is -0.671. The first-order valence-electron chi connectivity index (χ1n) is 12.1. The van der Waals surface area contributed by atoms with E-state index in [1.165, 1.54) is 17.0 Å². The average Bonchev–Trinajstić information content (AvgIpc) is 3.22. The van der Waals surface area contributed by atoms with E-state index in [2.05, 4.69) is 16.2 Å². The van der Waals surface area contributed by atoms with Crippen LogP contribution in [0.2, 0.25) is 0 Å². The number of aromatic nitrogens is 4. The summed E-state index contributed by atoms with van der Waals surface area (Å²) in [5.74, 6) is -0.671. The van der Waals surface area contributed by atoms with Crippen molar-refractivity contribution < 1.29 is 13.9 Å². The third-order valence-corrected chi connectivity index (χ3v) is 6.53. The average molecular weight is 503 g/mol. The van der Waals surface area contributed by atoms with Gasteiger partial charge in [0.1, 0.15) is 28.4 Å². The van der Waals surface area contributed by atoms with E-state index >= 15 is 4.39 Å². The molecule has 3 heterocycles. The van der Waals surface area contributed by atoms with E-state index in [-0.39, 0.29) is 23.0 Å². The van der Waals surface area contributed by atoms with Crippen molar-refractivity contribution in [2.24, 2.45) is 7.05 Å². The Balaban J connectivity index is 1.45. The lowest BCUT2D eigenvalue weighted by molar-refractivity contribution is 0.0187. The second-order valence-electron chi connectivity index (χ2n) is 10.4. The van der Waals surface area contributed by atoms with E-state index in [9.17, 15) is 14.9 Å². The van der Waals surface area contributed by atoms with Crippen LogP contribution in [0.1, 0.15) is 45.2 Å². The number of hydrogen-bond acceptors (Lipinski definition) is 6. The summed E-state index contributed by atoms with van der Waals surface area (Å²) in [6, 6.07) is 8.41. The summed E-state index contributed by atoms with van der Waals surface area (Å²) in [6.07, 6.45) is 3.94. The molecule has 9 nitrogen and oxygen atoms in total. The van der Waals surface area contributed by atoms with Crippen LogP contribution in [0, 0.1) is 17.1 Å². The number of ether oxygens (including phenoxy) is 1. The standard InChI is InChI=1S/C27H27FN6O3/c1-27(2,3)37-26(36)33-7-5-20(6-8-33)34-15-30-22-12-17(11-21(28)23(22)25(34)35)16-9-18(13-29)24-19(10-16)14-32(4)31-24/h9-12,14-15,20H,5-8H2,1-4H3. The zero-order chi connectivity index (χ0) is 26.5. The molecule has 0 aliphatic carbocycles. The lowest BCUT2D eigenvalue weighted by atomic mass is 9.99. The van der Waals surface area contributed by atoms with E-state index < -0.39 is 17.0 Å². The highest BCUT2D eigenvalue weighted by Crippen LogP contribution is 2.30. The second kappa shape index (κ2) is 9.00. The number of rotatable bonds is 2.